The molecule has 2 aliphatic heterocycles. The molecule has 1 unspecified atom stereocenters. The van der Waals surface area contributed by atoms with Crippen molar-refractivity contribution in [1.29, 1.82) is 0 Å². The maximum absolute atomic E-state index is 13.1. The number of nitrogens with zero attached hydrogens (tertiary/aromatic N) is 2. The van der Waals surface area contributed by atoms with Gasteiger partial charge in [-0.25, -0.2) is 0 Å². The van der Waals surface area contributed by atoms with Gasteiger partial charge < -0.3 is 19.5 Å². The third-order valence-corrected chi connectivity index (χ3v) is 5.06. The first-order valence-corrected chi connectivity index (χ1v) is 8.94. The summed E-state index contributed by atoms with van der Waals surface area (Å²) in [5.41, 5.74) is 1.41. The molecule has 4 rings (SSSR count). The summed E-state index contributed by atoms with van der Waals surface area (Å²) in [5, 5.41) is 6.42. The van der Waals surface area contributed by atoms with E-state index in [4.69, 9.17) is 9.26 Å². The molecule has 7 nitrogen and oxygen atoms in total. The summed E-state index contributed by atoms with van der Waals surface area (Å²) in [7, 11) is 0. The summed E-state index contributed by atoms with van der Waals surface area (Å²) < 4.78 is 10.7. The number of aryl methyl sites for hydroxylation is 1. The Hall–Kier alpha value is -2.83. The first-order valence-electron chi connectivity index (χ1n) is 8.94. The summed E-state index contributed by atoms with van der Waals surface area (Å²) in [6, 6.07) is 5.41. The Labute approximate surface area is 151 Å². The maximum atomic E-state index is 13.1. The molecule has 0 radical (unpaired) electrons. The normalized spacial score (nSPS) is 19.7. The van der Waals surface area contributed by atoms with Gasteiger partial charge in [0.2, 0.25) is 0 Å². The van der Waals surface area contributed by atoms with Gasteiger partial charge in [0.1, 0.15) is 17.1 Å². The van der Waals surface area contributed by atoms with E-state index in [-0.39, 0.29) is 17.9 Å². The fraction of sp³-hybridized carbons (Fsp3) is 0.421. The number of carbonyl (C=O) groups is 2. The van der Waals surface area contributed by atoms with Crippen LogP contribution in [0.3, 0.4) is 0 Å². The van der Waals surface area contributed by atoms with Gasteiger partial charge in [-0.2, -0.15) is 0 Å². The van der Waals surface area contributed by atoms with Crippen LogP contribution in [0.1, 0.15) is 52.2 Å². The van der Waals surface area contributed by atoms with Crippen LogP contribution in [0.25, 0.3) is 0 Å². The molecule has 7 heteroatoms. The SMILES string of the molecule is Cc1oncc1C(=O)Nc1ccc2c(c1)C(=O)N1CCCCC1CCO2. The standard InChI is InChI=1S/C19H21N3O4/c1-12-16(11-20-26-12)18(23)21-13-5-6-17-15(10-13)19(24)22-8-3-2-4-14(22)7-9-25-17/h5-6,10-11,14H,2-4,7-9H2,1H3,(H,21,23). The number of hydrogen-bond acceptors (Lipinski definition) is 5. The predicted molar refractivity (Wildman–Crippen MR) is 94.4 cm³/mol. The molecule has 2 aliphatic rings. The van der Waals surface area contributed by atoms with Crippen molar-refractivity contribution in [2.75, 3.05) is 18.5 Å². The highest BCUT2D eigenvalue weighted by atomic mass is 16.5. The Morgan fingerprint density at radius 2 is 2.19 bits per heavy atom. The van der Waals surface area contributed by atoms with E-state index in [2.05, 4.69) is 10.5 Å². The molecule has 0 aliphatic carbocycles. The zero-order chi connectivity index (χ0) is 18.1. The van der Waals surface area contributed by atoms with Crippen LogP contribution in [0.4, 0.5) is 5.69 Å². The van der Waals surface area contributed by atoms with E-state index < -0.39 is 0 Å². The minimum atomic E-state index is -0.321. The Bertz CT molecular complexity index is 845. The number of rotatable bonds is 2. The van der Waals surface area contributed by atoms with E-state index in [1.54, 1.807) is 25.1 Å². The van der Waals surface area contributed by atoms with E-state index >= 15 is 0 Å². The molecule has 1 fully saturated rings. The lowest BCUT2D eigenvalue weighted by atomic mass is 9.97. The number of piperidine rings is 1. The number of benzene rings is 1. The number of carbonyl (C=O) groups excluding carboxylic acids is 2. The van der Waals surface area contributed by atoms with Gasteiger partial charge in [0.05, 0.1) is 18.4 Å². The average molecular weight is 355 g/mol. The van der Waals surface area contributed by atoms with Crippen molar-refractivity contribution in [1.82, 2.24) is 10.1 Å². The van der Waals surface area contributed by atoms with Gasteiger partial charge in [0, 0.05) is 24.7 Å². The van der Waals surface area contributed by atoms with Gasteiger partial charge >= 0.3 is 0 Å². The topological polar surface area (TPSA) is 84.7 Å². The van der Waals surface area contributed by atoms with Crippen molar-refractivity contribution in [2.45, 2.75) is 38.6 Å². The van der Waals surface area contributed by atoms with Crippen molar-refractivity contribution in [3.8, 4) is 5.75 Å². The second-order valence-corrected chi connectivity index (χ2v) is 6.75. The molecular formula is C19H21N3O4. The fourth-order valence-corrected chi connectivity index (χ4v) is 3.64. The van der Waals surface area contributed by atoms with Crippen LogP contribution < -0.4 is 10.1 Å². The highest BCUT2D eigenvalue weighted by Gasteiger charge is 2.31. The highest BCUT2D eigenvalue weighted by molar-refractivity contribution is 6.06. The molecule has 1 aromatic heterocycles. The summed E-state index contributed by atoms with van der Waals surface area (Å²) >= 11 is 0. The summed E-state index contributed by atoms with van der Waals surface area (Å²) in [5.74, 6) is 0.669. The molecule has 0 spiro atoms. The Kier molecular flexibility index (Phi) is 4.36. The molecule has 1 N–H and O–H groups in total. The molecule has 3 heterocycles. The van der Waals surface area contributed by atoms with E-state index in [9.17, 15) is 9.59 Å². The summed E-state index contributed by atoms with van der Waals surface area (Å²) in [6.07, 6.45) is 5.44. The van der Waals surface area contributed by atoms with Crippen LogP contribution >= 0.6 is 0 Å². The Balaban J connectivity index is 1.61. The van der Waals surface area contributed by atoms with Crippen LogP contribution in [0.5, 0.6) is 5.75 Å². The quantitative estimate of drug-likeness (QED) is 0.895. The molecule has 1 saturated heterocycles. The van der Waals surface area contributed by atoms with Crippen molar-refractivity contribution in [3.05, 3.63) is 41.3 Å². The third kappa shape index (κ3) is 3.05. The lowest BCUT2D eigenvalue weighted by molar-refractivity contribution is 0.0548. The molecule has 1 atom stereocenters. The number of amides is 2. The fourth-order valence-electron chi connectivity index (χ4n) is 3.64. The van der Waals surface area contributed by atoms with E-state index in [1.165, 1.54) is 6.20 Å². The van der Waals surface area contributed by atoms with Crippen molar-refractivity contribution >= 4 is 17.5 Å². The number of fused-ring (bicyclic) bond motifs is 2. The van der Waals surface area contributed by atoms with Crippen LogP contribution in [0.15, 0.2) is 28.9 Å². The third-order valence-electron chi connectivity index (χ3n) is 5.06. The Morgan fingerprint density at radius 1 is 1.31 bits per heavy atom. The molecule has 136 valence electrons. The second-order valence-electron chi connectivity index (χ2n) is 6.75. The lowest BCUT2D eigenvalue weighted by Gasteiger charge is -2.37. The van der Waals surface area contributed by atoms with Gasteiger partial charge in [-0.1, -0.05) is 5.16 Å². The number of hydrogen-bond donors (Lipinski definition) is 1. The second kappa shape index (κ2) is 6.82. The molecule has 26 heavy (non-hydrogen) atoms. The minimum absolute atomic E-state index is 0.0262. The van der Waals surface area contributed by atoms with Crippen LogP contribution in [0, 0.1) is 6.92 Å². The van der Waals surface area contributed by atoms with Crippen molar-refractivity contribution < 1.29 is 18.8 Å². The van der Waals surface area contributed by atoms with Crippen LogP contribution in [0.2, 0.25) is 0 Å². The molecular weight excluding hydrogens is 334 g/mol. The van der Waals surface area contributed by atoms with Crippen LogP contribution in [-0.2, 0) is 0 Å². The number of nitrogens with one attached hydrogen (secondary N) is 1. The molecule has 2 amide bonds. The van der Waals surface area contributed by atoms with Crippen molar-refractivity contribution in [2.24, 2.45) is 0 Å². The monoisotopic (exact) mass is 355 g/mol. The van der Waals surface area contributed by atoms with Crippen LogP contribution in [-0.4, -0.2) is 41.1 Å². The first kappa shape index (κ1) is 16.6. The first-order chi connectivity index (χ1) is 12.6. The molecule has 0 saturated carbocycles. The highest BCUT2D eigenvalue weighted by Crippen LogP contribution is 2.31. The summed E-state index contributed by atoms with van der Waals surface area (Å²) in [6.45, 7) is 3.04. The van der Waals surface area contributed by atoms with Gasteiger partial charge in [0.25, 0.3) is 11.8 Å². The zero-order valence-corrected chi connectivity index (χ0v) is 14.7. The van der Waals surface area contributed by atoms with Gasteiger partial charge in [-0.05, 0) is 44.4 Å². The van der Waals surface area contributed by atoms with E-state index in [1.807, 2.05) is 4.90 Å². The van der Waals surface area contributed by atoms with Crippen molar-refractivity contribution in [3.63, 3.8) is 0 Å². The maximum Gasteiger partial charge on any atom is 0.260 e. The molecule has 0 bridgehead atoms. The lowest BCUT2D eigenvalue weighted by Crippen LogP contribution is -2.45. The minimum Gasteiger partial charge on any atom is -0.493 e. The largest absolute Gasteiger partial charge is 0.493 e. The van der Waals surface area contributed by atoms with E-state index in [0.29, 0.717) is 34.9 Å². The van der Waals surface area contributed by atoms with Gasteiger partial charge in [-0.3, -0.25) is 9.59 Å². The van der Waals surface area contributed by atoms with E-state index in [0.717, 1.165) is 32.2 Å². The number of ether oxygens (including phenoxy) is 1. The van der Waals surface area contributed by atoms with Gasteiger partial charge in [-0.15, -0.1) is 0 Å². The Morgan fingerprint density at radius 3 is 3.00 bits per heavy atom. The predicted octanol–water partition coefficient (Wildman–Crippen LogP) is 3.01. The van der Waals surface area contributed by atoms with Gasteiger partial charge in [0.15, 0.2) is 0 Å². The molecule has 1 aromatic carbocycles. The summed E-state index contributed by atoms with van der Waals surface area (Å²) in [4.78, 5) is 27.4. The number of aromatic nitrogens is 1. The smallest absolute Gasteiger partial charge is 0.260 e. The number of anilines is 1. The molecule has 2 aromatic rings. The zero-order valence-electron chi connectivity index (χ0n) is 14.7. The average Bonchev–Trinajstić information content (AvgIpc) is 3.07.